The SMILES string of the molecule is CCCCc1c(C(=O)O)c(=O)cnn1C(=O)N(OCNC(=O)C1CCCNC1)c1ccc2ccccc2c1. The van der Waals surface area contributed by atoms with Crippen molar-refractivity contribution in [3.63, 3.8) is 0 Å². The monoisotopic (exact) mass is 521 g/mol. The molecule has 1 unspecified atom stereocenters. The number of hydrogen-bond acceptors (Lipinski definition) is 7. The van der Waals surface area contributed by atoms with Gasteiger partial charge in [-0.25, -0.2) is 14.4 Å². The van der Waals surface area contributed by atoms with Crippen molar-refractivity contribution in [1.82, 2.24) is 20.4 Å². The number of aromatic carboxylic acids is 1. The number of aromatic nitrogens is 2. The number of unbranched alkanes of at least 4 members (excludes halogenated alkanes) is 1. The molecule has 1 saturated heterocycles. The van der Waals surface area contributed by atoms with Crippen molar-refractivity contribution in [3.8, 4) is 0 Å². The molecule has 1 aliphatic heterocycles. The molecule has 1 aliphatic rings. The zero-order valence-corrected chi connectivity index (χ0v) is 21.2. The molecule has 38 heavy (non-hydrogen) atoms. The smallest absolute Gasteiger partial charge is 0.373 e. The van der Waals surface area contributed by atoms with E-state index in [1.807, 2.05) is 37.3 Å². The second-order valence-electron chi connectivity index (χ2n) is 9.12. The maximum Gasteiger partial charge on any atom is 0.373 e. The molecule has 4 rings (SSSR count). The van der Waals surface area contributed by atoms with E-state index in [1.165, 1.54) is 0 Å². The lowest BCUT2D eigenvalue weighted by Crippen LogP contribution is -2.44. The van der Waals surface area contributed by atoms with Crippen LogP contribution in [-0.4, -0.2) is 52.6 Å². The zero-order chi connectivity index (χ0) is 27.1. The number of hydroxylamine groups is 1. The highest BCUT2D eigenvalue weighted by Gasteiger charge is 2.27. The molecule has 1 fully saturated rings. The Morgan fingerprint density at radius 1 is 1.21 bits per heavy atom. The minimum atomic E-state index is -1.43. The molecule has 2 amide bonds. The Hall–Kier alpha value is -4.09. The van der Waals surface area contributed by atoms with Crippen LogP contribution in [0.1, 0.15) is 48.7 Å². The summed E-state index contributed by atoms with van der Waals surface area (Å²) in [7, 11) is 0. The summed E-state index contributed by atoms with van der Waals surface area (Å²) in [5.41, 5.74) is -0.942. The molecule has 1 aromatic heterocycles. The van der Waals surface area contributed by atoms with Crippen LogP contribution in [0, 0.1) is 5.92 Å². The van der Waals surface area contributed by atoms with E-state index in [0.717, 1.165) is 46.1 Å². The molecule has 11 heteroatoms. The number of carboxylic acids is 1. The van der Waals surface area contributed by atoms with Crippen LogP contribution in [-0.2, 0) is 16.1 Å². The molecular weight excluding hydrogens is 490 g/mol. The average molecular weight is 522 g/mol. The third kappa shape index (κ3) is 6.06. The van der Waals surface area contributed by atoms with Gasteiger partial charge in [0.25, 0.3) is 0 Å². The van der Waals surface area contributed by atoms with Gasteiger partial charge in [-0.05, 0) is 55.1 Å². The van der Waals surface area contributed by atoms with E-state index in [0.29, 0.717) is 25.1 Å². The second kappa shape index (κ2) is 12.4. The third-order valence-electron chi connectivity index (χ3n) is 6.49. The van der Waals surface area contributed by atoms with Crippen LogP contribution in [0.4, 0.5) is 10.5 Å². The molecule has 0 bridgehead atoms. The predicted molar refractivity (Wildman–Crippen MR) is 141 cm³/mol. The van der Waals surface area contributed by atoms with Gasteiger partial charge < -0.3 is 15.7 Å². The first kappa shape index (κ1) is 27.0. The summed E-state index contributed by atoms with van der Waals surface area (Å²) < 4.78 is 0.891. The summed E-state index contributed by atoms with van der Waals surface area (Å²) in [5.74, 6) is -1.82. The molecule has 0 spiro atoms. The van der Waals surface area contributed by atoms with Gasteiger partial charge in [0, 0.05) is 6.54 Å². The topological polar surface area (TPSA) is 143 Å². The highest BCUT2D eigenvalue weighted by Crippen LogP contribution is 2.24. The summed E-state index contributed by atoms with van der Waals surface area (Å²) in [6.07, 6.45) is 3.87. The van der Waals surface area contributed by atoms with E-state index in [4.69, 9.17) is 4.84 Å². The number of nitrogens with zero attached hydrogens (tertiary/aromatic N) is 3. The summed E-state index contributed by atoms with van der Waals surface area (Å²) in [5, 5.41) is 22.3. The van der Waals surface area contributed by atoms with Crippen LogP contribution in [0.3, 0.4) is 0 Å². The van der Waals surface area contributed by atoms with Crippen LogP contribution in [0.5, 0.6) is 0 Å². The number of nitrogens with one attached hydrogen (secondary N) is 2. The van der Waals surface area contributed by atoms with Crippen molar-refractivity contribution in [2.75, 3.05) is 24.9 Å². The Labute approximate surface area is 219 Å². The standard InChI is InChI=1S/C27H31N5O6/c1-2-3-10-22-24(26(35)36)23(33)16-30-31(22)27(37)32(21-12-11-18-7-4-5-8-19(18)14-21)38-17-29-25(34)20-9-6-13-28-15-20/h4-5,7-8,11-12,14,16,20,28H,2-3,6,9-10,13,15,17H2,1H3,(H,29,34)(H,35,36). The van der Waals surface area contributed by atoms with Crippen molar-refractivity contribution in [1.29, 1.82) is 0 Å². The Balaban J connectivity index is 1.68. The fourth-order valence-electron chi connectivity index (χ4n) is 4.48. The molecule has 3 N–H and O–H groups in total. The number of anilines is 1. The van der Waals surface area contributed by atoms with E-state index in [2.05, 4.69) is 15.7 Å². The first-order valence-corrected chi connectivity index (χ1v) is 12.7. The fourth-order valence-corrected chi connectivity index (χ4v) is 4.48. The van der Waals surface area contributed by atoms with Gasteiger partial charge in [0.1, 0.15) is 12.3 Å². The maximum atomic E-state index is 13.8. The molecule has 2 aromatic carbocycles. The van der Waals surface area contributed by atoms with Gasteiger partial charge >= 0.3 is 12.0 Å². The molecule has 1 atom stereocenters. The van der Waals surface area contributed by atoms with E-state index in [9.17, 15) is 24.3 Å². The Bertz CT molecular complexity index is 1380. The predicted octanol–water partition coefficient (Wildman–Crippen LogP) is 2.92. The zero-order valence-electron chi connectivity index (χ0n) is 21.2. The summed E-state index contributed by atoms with van der Waals surface area (Å²) >= 11 is 0. The molecule has 0 aliphatic carbocycles. The number of fused-ring (bicyclic) bond motifs is 1. The molecule has 200 valence electrons. The van der Waals surface area contributed by atoms with Gasteiger partial charge in [0.05, 0.1) is 23.5 Å². The minimum Gasteiger partial charge on any atom is -0.477 e. The average Bonchev–Trinajstić information content (AvgIpc) is 2.93. The van der Waals surface area contributed by atoms with Crippen LogP contribution in [0.15, 0.2) is 53.5 Å². The number of piperidine rings is 1. The summed E-state index contributed by atoms with van der Waals surface area (Å²) in [6, 6.07) is 12.0. The molecular formula is C27H31N5O6. The van der Waals surface area contributed by atoms with Crippen molar-refractivity contribution in [2.45, 2.75) is 39.0 Å². The highest BCUT2D eigenvalue weighted by molar-refractivity contribution is 5.96. The normalized spacial score (nSPS) is 15.2. The molecule has 0 saturated carbocycles. The number of rotatable bonds is 9. The summed E-state index contributed by atoms with van der Waals surface area (Å²) in [4.78, 5) is 56.5. The van der Waals surface area contributed by atoms with Crippen molar-refractivity contribution in [2.24, 2.45) is 5.92 Å². The lowest BCUT2D eigenvalue weighted by Gasteiger charge is -2.25. The first-order chi connectivity index (χ1) is 18.4. The number of hydrogen-bond donors (Lipinski definition) is 3. The number of amides is 2. The van der Waals surface area contributed by atoms with Crippen molar-refractivity contribution >= 4 is 34.4 Å². The highest BCUT2D eigenvalue weighted by atomic mass is 16.7. The van der Waals surface area contributed by atoms with Gasteiger partial charge in [-0.1, -0.05) is 43.7 Å². The van der Waals surface area contributed by atoms with Gasteiger partial charge in [-0.2, -0.15) is 14.8 Å². The van der Waals surface area contributed by atoms with Crippen LogP contribution >= 0.6 is 0 Å². The molecule has 11 nitrogen and oxygen atoms in total. The fraction of sp³-hybridized carbons (Fsp3) is 0.370. The molecule has 0 radical (unpaired) electrons. The van der Waals surface area contributed by atoms with Gasteiger partial charge in [0.2, 0.25) is 11.3 Å². The second-order valence-corrected chi connectivity index (χ2v) is 9.12. The Kier molecular flexibility index (Phi) is 8.82. The van der Waals surface area contributed by atoms with Crippen molar-refractivity contribution < 1.29 is 24.3 Å². The first-order valence-electron chi connectivity index (χ1n) is 12.7. The lowest BCUT2D eigenvalue weighted by atomic mass is 9.99. The van der Waals surface area contributed by atoms with Crippen LogP contribution < -0.4 is 21.1 Å². The lowest BCUT2D eigenvalue weighted by molar-refractivity contribution is -0.127. The number of carbonyl (C=O) groups excluding carboxylic acids is 2. The van der Waals surface area contributed by atoms with Gasteiger partial charge in [0.15, 0.2) is 0 Å². The Morgan fingerprint density at radius 2 is 2.00 bits per heavy atom. The maximum absolute atomic E-state index is 13.8. The largest absolute Gasteiger partial charge is 0.477 e. The summed E-state index contributed by atoms with van der Waals surface area (Å²) in [6.45, 7) is 3.05. The number of carboxylic acid groups (broad SMARTS) is 1. The third-order valence-corrected chi connectivity index (χ3v) is 6.49. The number of benzene rings is 2. The van der Waals surface area contributed by atoms with E-state index in [1.54, 1.807) is 12.1 Å². The van der Waals surface area contributed by atoms with E-state index < -0.39 is 23.0 Å². The van der Waals surface area contributed by atoms with Gasteiger partial charge in [-0.3, -0.25) is 9.59 Å². The van der Waals surface area contributed by atoms with Crippen LogP contribution in [0.25, 0.3) is 10.8 Å². The Morgan fingerprint density at radius 3 is 2.71 bits per heavy atom. The quantitative estimate of drug-likeness (QED) is 0.288. The van der Waals surface area contributed by atoms with Crippen LogP contribution in [0.2, 0.25) is 0 Å². The molecule has 3 aromatic rings. The number of carbonyl (C=O) groups is 3. The van der Waals surface area contributed by atoms with Crippen molar-refractivity contribution in [3.05, 3.63) is 70.1 Å². The van der Waals surface area contributed by atoms with E-state index >= 15 is 0 Å². The minimum absolute atomic E-state index is 0.0106. The molecule has 2 heterocycles. The van der Waals surface area contributed by atoms with Gasteiger partial charge in [-0.15, -0.1) is 0 Å². The van der Waals surface area contributed by atoms with E-state index in [-0.39, 0.29) is 30.7 Å².